The molecule has 2 nitrogen and oxygen atoms in total. The third-order valence-corrected chi connectivity index (χ3v) is 3.21. The summed E-state index contributed by atoms with van der Waals surface area (Å²) in [5.74, 6) is 7.90. The highest BCUT2D eigenvalue weighted by Crippen LogP contribution is 2.34. The van der Waals surface area contributed by atoms with Crippen molar-refractivity contribution < 1.29 is 9.47 Å². The monoisotopic (exact) mass is 296 g/mol. The summed E-state index contributed by atoms with van der Waals surface area (Å²) < 4.78 is 11.6. The summed E-state index contributed by atoms with van der Waals surface area (Å²) in [5, 5.41) is 0. The number of hydrogen-bond donors (Lipinski definition) is 0. The zero-order chi connectivity index (χ0) is 12.8. The number of ether oxygens (including phenoxy) is 2. The first-order chi connectivity index (χ1) is 8.12. The molecule has 0 saturated carbocycles. The molecule has 0 aliphatic heterocycles. The third kappa shape index (κ3) is 3.67. The fraction of sp³-hybridized carbons (Fsp3) is 0.429. The van der Waals surface area contributed by atoms with Crippen LogP contribution in [0.15, 0.2) is 16.6 Å². The summed E-state index contributed by atoms with van der Waals surface area (Å²) in [5.41, 5.74) is 1.18. The minimum absolute atomic E-state index is 0.328. The van der Waals surface area contributed by atoms with E-state index in [2.05, 4.69) is 34.7 Å². The van der Waals surface area contributed by atoms with E-state index in [-0.39, 0.29) is 0 Å². The van der Waals surface area contributed by atoms with Gasteiger partial charge in [0, 0.05) is 10.4 Å². The van der Waals surface area contributed by atoms with Crippen LogP contribution < -0.4 is 9.47 Å². The van der Waals surface area contributed by atoms with Crippen molar-refractivity contribution in [2.45, 2.75) is 20.3 Å². The number of hydrogen-bond acceptors (Lipinski definition) is 2. The first kappa shape index (κ1) is 13.9. The van der Waals surface area contributed by atoms with Gasteiger partial charge in [0.25, 0.3) is 0 Å². The summed E-state index contributed by atoms with van der Waals surface area (Å²) >= 11 is 3.55. The molecule has 17 heavy (non-hydrogen) atoms. The molecule has 0 heterocycles. The lowest BCUT2D eigenvalue weighted by Gasteiger charge is -2.13. The second kappa shape index (κ2) is 6.56. The highest BCUT2D eigenvalue weighted by molar-refractivity contribution is 9.10. The van der Waals surface area contributed by atoms with E-state index in [0.717, 1.165) is 22.4 Å². The molecule has 1 atom stereocenters. The predicted molar refractivity (Wildman–Crippen MR) is 73.6 cm³/mol. The lowest BCUT2D eigenvalue weighted by Crippen LogP contribution is -1.99. The molecule has 3 heteroatoms. The molecule has 0 aromatic heterocycles. The van der Waals surface area contributed by atoms with E-state index in [1.54, 1.807) is 14.2 Å². The molecule has 0 fully saturated rings. The molecule has 0 bridgehead atoms. The smallest absolute Gasteiger partial charge is 0.161 e. The maximum absolute atomic E-state index is 5.29. The summed E-state index contributed by atoms with van der Waals surface area (Å²) in [7, 11) is 3.28. The van der Waals surface area contributed by atoms with Gasteiger partial charge in [-0.25, -0.2) is 0 Å². The standard InChI is InChI=1S/C14H17BrO2/c1-5-6-10(2)7-11-8-13(16-3)14(17-4)9-12(11)15/h8-10H,7H2,1-4H3. The molecule has 92 valence electrons. The van der Waals surface area contributed by atoms with Crippen molar-refractivity contribution in [3.63, 3.8) is 0 Å². The average Bonchev–Trinajstić information content (AvgIpc) is 2.31. The molecule has 0 aliphatic carbocycles. The van der Waals surface area contributed by atoms with Gasteiger partial charge < -0.3 is 9.47 Å². The van der Waals surface area contributed by atoms with Crippen LogP contribution in [0, 0.1) is 17.8 Å². The van der Waals surface area contributed by atoms with Gasteiger partial charge in [-0.2, -0.15) is 0 Å². The number of rotatable bonds is 4. The van der Waals surface area contributed by atoms with Crippen molar-refractivity contribution in [3.05, 3.63) is 22.2 Å². The Hall–Kier alpha value is -1.14. The summed E-state index contributed by atoms with van der Waals surface area (Å²) in [4.78, 5) is 0. The molecule has 1 unspecified atom stereocenters. The Labute approximate surface area is 111 Å². The molecular formula is C14H17BrO2. The van der Waals surface area contributed by atoms with Crippen LogP contribution >= 0.6 is 15.9 Å². The summed E-state index contributed by atoms with van der Waals surface area (Å²) in [6.45, 7) is 3.97. The van der Waals surface area contributed by atoms with E-state index < -0.39 is 0 Å². The molecule has 0 saturated heterocycles. The van der Waals surface area contributed by atoms with Gasteiger partial charge in [0.05, 0.1) is 14.2 Å². The highest BCUT2D eigenvalue weighted by atomic mass is 79.9. The zero-order valence-corrected chi connectivity index (χ0v) is 12.2. The van der Waals surface area contributed by atoms with Crippen LogP contribution in [0.2, 0.25) is 0 Å². The van der Waals surface area contributed by atoms with Crippen molar-refractivity contribution in [1.29, 1.82) is 0 Å². The van der Waals surface area contributed by atoms with Crippen LogP contribution in [0.5, 0.6) is 11.5 Å². The van der Waals surface area contributed by atoms with Crippen molar-refractivity contribution in [2.75, 3.05) is 14.2 Å². The largest absolute Gasteiger partial charge is 0.493 e. The summed E-state index contributed by atoms with van der Waals surface area (Å²) in [6.07, 6.45) is 0.891. The van der Waals surface area contributed by atoms with Crippen molar-refractivity contribution >= 4 is 15.9 Å². The van der Waals surface area contributed by atoms with Gasteiger partial charge in [0.15, 0.2) is 11.5 Å². The maximum Gasteiger partial charge on any atom is 0.161 e. The van der Waals surface area contributed by atoms with Crippen molar-refractivity contribution in [1.82, 2.24) is 0 Å². The molecule has 0 N–H and O–H groups in total. The minimum atomic E-state index is 0.328. The van der Waals surface area contributed by atoms with E-state index >= 15 is 0 Å². The van der Waals surface area contributed by atoms with Gasteiger partial charge in [-0.05, 0) is 31.0 Å². The molecule has 1 aromatic carbocycles. The summed E-state index contributed by atoms with van der Waals surface area (Å²) in [6, 6.07) is 3.93. The topological polar surface area (TPSA) is 18.5 Å². The normalized spacial score (nSPS) is 11.4. The van der Waals surface area contributed by atoms with E-state index in [1.807, 2.05) is 19.1 Å². The van der Waals surface area contributed by atoms with E-state index in [4.69, 9.17) is 9.47 Å². The van der Waals surface area contributed by atoms with Crippen LogP contribution in [-0.4, -0.2) is 14.2 Å². The second-order valence-electron chi connectivity index (χ2n) is 3.80. The first-order valence-corrected chi connectivity index (χ1v) is 6.24. The lowest BCUT2D eigenvalue weighted by molar-refractivity contribution is 0.354. The molecule has 1 rings (SSSR count). The van der Waals surface area contributed by atoms with Crippen LogP contribution in [-0.2, 0) is 6.42 Å². The fourth-order valence-electron chi connectivity index (χ4n) is 1.68. The molecule has 1 aromatic rings. The van der Waals surface area contributed by atoms with E-state index in [1.165, 1.54) is 5.56 Å². The van der Waals surface area contributed by atoms with Gasteiger partial charge >= 0.3 is 0 Å². The minimum Gasteiger partial charge on any atom is -0.493 e. The van der Waals surface area contributed by atoms with Crippen molar-refractivity contribution in [2.24, 2.45) is 5.92 Å². The lowest BCUT2D eigenvalue weighted by atomic mass is 10.0. The maximum atomic E-state index is 5.29. The Bertz CT molecular complexity index is 444. The quantitative estimate of drug-likeness (QED) is 0.790. The average molecular weight is 297 g/mol. The molecule has 0 aliphatic rings. The van der Waals surface area contributed by atoms with E-state index in [0.29, 0.717) is 5.92 Å². The highest BCUT2D eigenvalue weighted by Gasteiger charge is 2.11. The molecular weight excluding hydrogens is 280 g/mol. The molecule has 0 amide bonds. The number of halogens is 1. The van der Waals surface area contributed by atoms with Gasteiger partial charge in [-0.3, -0.25) is 0 Å². The molecule has 0 spiro atoms. The third-order valence-electron chi connectivity index (χ3n) is 2.47. The number of benzene rings is 1. The molecule has 0 radical (unpaired) electrons. The van der Waals surface area contributed by atoms with Crippen LogP contribution in [0.4, 0.5) is 0 Å². The predicted octanol–water partition coefficient (Wildman–Crippen LogP) is 3.67. The zero-order valence-electron chi connectivity index (χ0n) is 10.6. The Kier molecular flexibility index (Phi) is 5.37. The van der Waals surface area contributed by atoms with Gasteiger partial charge in [0.1, 0.15) is 0 Å². The Balaban J connectivity index is 3.03. The first-order valence-electron chi connectivity index (χ1n) is 5.45. The van der Waals surface area contributed by atoms with Crippen LogP contribution in [0.1, 0.15) is 19.4 Å². The van der Waals surface area contributed by atoms with Crippen LogP contribution in [0.25, 0.3) is 0 Å². The SMILES string of the molecule is CC#CC(C)Cc1cc(OC)c(OC)cc1Br. The van der Waals surface area contributed by atoms with Gasteiger partial charge in [0.2, 0.25) is 0 Å². The fourth-order valence-corrected chi connectivity index (χ4v) is 2.16. The number of methoxy groups -OCH3 is 2. The van der Waals surface area contributed by atoms with E-state index in [9.17, 15) is 0 Å². The Morgan fingerprint density at radius 2 is 1.82 bits per heavy atom. The Morgan fingerprint density at radius 1 is 1.24 bits per heavy atom. The van der Waals surface area contributed by atoms with Gasteiger partial charge in [-0.1, -0.05) is 22.9 Å². The van der Waals surface area contributed by atoms with Crippen LogP contribution in [0.3, 0.4) is 0 Å². The Morgan fingerprint density at radius 3 is 2.35 bits per heavy atom. The van der Waals surface area contributed by atoms with Gasteiger partial charge in [-0.15, -0.1) is 11.8 Å². The second-order valence-corrected chi connectivity index (χ2v) is 4.65. The van der Waals surface area contributed by atoms with Crippen molar-refractivity contribution in [3.8, 4) is 23.3 Å².